The highest BCUT2D eigenvalue weighted by Crippen LogP contribution is 2.25. The second-order valence-electron chi connectivity index (χ2n) is 3.81. The molecule has 0 unspecified atom stereocenters. The van der Waals surface area contributed by atoms with Gasteiger partial charge in [-0.15, -0.1) is 11.3 Å². The summed E-state index contributed by atoms with van der Waals surface area (Å²) in [5, 5.41) is 1.56. The number of ether oxygens (including phenoxy) is 1. The third-order valence-corrected chi connectivity index (χ3v) is 4.68. The molecule has 9 heteroatoms. The minimum Gasteiger partial charge on any atom is -0.465 e. The molecule has 2 heterocycles. The zero-order valence-electron chi connectivity index (χ0n) is 10.8. The Morgan fingerprint density at radius 3 is 2.90 bits per heavy atom. The van der Waals surface area contributed by atoms with Crippen molar-refractivity contribution in [3.63, 3.8) is 0 Å². The first kappa shape index (κ1) is 14.5. The van der Waals surface area contributed by atoms with Gasteiger partial charge < -0.3 is 9.72 Å². The van der Waals surface area contributed by atoms with Gasteiger partial charge in [-0.05, 0) is 11.4 Å². The first-order valence-corrected chi connectivity index (χ1v) is 8.06. The number of rotatable bonds is 5. The molecule has 2 aromatic rings. The third-order valence-electron chi connectivity index (χ3n) is 2.51. The van der Waals surface area contributed by atoms with Crippen LogP contribution in [0.1, 0.15) is 22.4 Å². The number of esters is 1. The van der Waals surface area contributed by atoms with Gasteiger partial charge in [0.1, 0.15) is 10.7 Å². The van der Waals surface area contributed by atoms with Gasteiger partial charge in [-0.1, -0.05) is 6.92 Å². The minimum absolute atomic E-state index is 0.0450. The van der Waals surface area contributed by atoms with E-state index in [0.29, 0.717) is 12.2 Å². The molecule has 7 nitrogen and oxygen atoms in total. The first-order chi connectivity index (χ1) is 9.47. The number of carbonyl (C=O) groups excluding carboxylic acids is 1. The van der Waals surface area contributed by atoms with Crippen LogP contribution in [0, 0.1) is 0 Å². The van der Waals surface area contributed by atoms with E-state index in [4.69, 9.17) is 0 Å². The molecule has 2 aromatic heterocycles. The smallest absolute Gasteiger partial charge is 0.350 e. The summed E-state index contributed by atoms with van der Waals surface area (Å²) in [4.78, 5) is 18.3. The second-order valence-corrected chi connectivity index (χ2v) is 6.38. The van der Waals surface area contributed by atoms with E-state index in [-0.39, 0.29) is 15.6 Å². The Morgan fingerprint density at radius 1 is 1.55 bits per heavy atom. The van der Waals surface area contributed by atoms with Crippen LogP contribution in [-0.4, -0.2) is 31.5 Å². The first-order valence-electron chi connectivity index (χ1n) is 5.70. The number of sulfonamides is 1. The zero-order valence-corrected chi connectivity index (χ0v) is 12.5. The van der Waals surface area contributed by atoms with E-state index in [1.54, 1.807) is 5.38 Å². The largest absolute Gasteiger partial charge is 0.465 e. The van der Waals surface area contributed by atoms with Gasteiger partial charge in [0.2, 0.25) is 0 Å². The molecule has 0 aliphatic heterocycles. The molecule has 2 rings (SSSR count). The number of H-pyrrole nitrogens is 1. The van der Waals surface area contributed by atoms with E-state index in [9.17, 15) is 13.2 Å². The third kappa shape index (κ3) is 2.83. The van der Waals surface area contributed by atoms with Crippen LogP contribution in [0.2, 0.25) is 0 Å². The standard InChI is InChI=1S/C11H13N3O4S2/c1-3-8-12-6-9(13-8)20(16,17)14-7-4-5-19-10(7)11(15)18-2/h4-6,14H,3H2,1-2H3,(H,12,13). The summed E-state index contributed by atoms with van der Waals surface area (Å²) in [6.45, 7) is 1.86. The average molecular weight is 315 g/mol. The zero-order chi connectivity index (χ0) is 14.8. The number of nitrogens with zero attached hydrogens (tertiary/aromatic N) is 1. The van der Waals surface area contributed by atoms with Crippen molar-refractivity contribution >= 4 is 33.0 Å². The number of aryl methyl sites for hydroxylation is 1. The monoisotopic (exact) mass is 315 g/mol. The summed E-state index contributed by atoms with van der Waals surface area (Å²) in [6, 6.07) is 1.51. The quantitative estimate of drug-likeness (QED) is 0.816. The normalized spacial score (nSPS) is 11.3. The predicted molar refractivity (Wildman–Crippen MR) is 74.4 cm³/mol. The Morgan fingerprint density at radius 2 is 2.30 bits per heavy atom. The molecule has 108 valence electrons. The molecule has 0 aromatic carbocycles. The fourth-order valence-corrected chi connectivity index (χ4v) is 3.34. The number of hydrogen-bond acceptors (Lipinski definition) is 6. The number of imidazole rings is 1. The second kappa shape index (κ2) is 5.63. The van der Waals surface area contributed by atoms with Crippen LogP contribution in [0.25, 0.3) is 0 Å². The molecular formula is C11H13N3O4S2. The van der Waals surface area contributed by atoms with Crippen LogP contribution in [0.3, 0.4) is 0 Å². The average Bonchev–Trinajstić information content (AvgIpc) is 3.06. The number of nitrogens with one attached hydrogen (secondary N) is 2. The molecule has 0 saturated heterocycles. The molecule has 2 N–H and O–H groups in total. The fourth-order valence-electron chi connectivity index (χ4n) is 1.50. The van der Waals surface area contributed by atoms with Crippen LogP contribution < -0.4 is 4.72 Å². The van der Waals surface area contributed by atoms with Crippen molar-refractivity contribution < 1.29 is 17.9 Å². The summed E-state index contributed by atoms with van der Waals surface area (Å²) >= 11 is 1.10. The number of hydrogen-bond donors (Lipinski definition) is 2. The van der Waals surface area contributed by atoms with Gasteiger partial charge in [-0.3, -0.25) is 4.72 Å². The van der Waals surface area contributed by atoms with Crippen molar-refractivity contribution in [1.29, 1.82) is 0 Å². The lowest BCUT2D eigenvalue weighted by Crippen LogP contribution is -2.15. The van der Waals surface area contributed by atoms with Crippen molar-refractivity contribution in [2.24, 2.45) is 0 Å². The molecule has 20 heavy (non-hydrogen) atoms. The van der Waals surface area contributed by atoms with Crippen molar-refractivity contribution in [2.75, 3.05) is 11.8 Å². The van der Waals surface area contributed by atoms with Crippen molar-refractivity contribution in [3.05, 3.63) is 28.3 Å². The van der Waals surface area contributed by atoms with Gasteiger partial charge in [-0.25, -0.2) is 9.78 Å². The molecule has 0 aliphatic rings. The van der Waals surface area contributed by atoms with E-state index in [2.05, 4.69) is 19.4 Å². The van der Waals surface area contributed by atoms with Gasteiger partial charge in [0, 0.05) is 6.42 Å². The van der Waals surface area contributed by atoms with Gasteiger partial charge in [0.25, 0.3) is 10.0 Å². The van der Waals surface area contributed by atoms with Gasteiger partial charge >= 0.3 is 5.97 Å². The SMILES string of the molecule is CCc1ncc(S(=O)(=O)Nc2ccsc2C(=O)OC)[nH]1. The molecule has 0 bridgehead atoms. The number of thiophene rings is 1. The lowest BCUT2D eigenvalue weighted by molar-refractivity contribution is 0.0607. The maximum absolute atomic E-state index is 12.2. The number of aromatic amines is 1. The molecule has 0 atom stereocenters. The van der Waals surface area contributed by atoms with Crippen LogP contribution in [0.5, 0.6) is 0 Å². The van der Waals surface area contributed by atoms with E-state index in [1.165, 1.54) is 19.4 Å². The molecule has 0 spiro atoms. The number of carbonyl (C=O) groups is 1. The van der Waals surface area contributed by atoms with Crippen LogP contribution in [-0.2, 0) is 21.2 Å². The summed E-state index contributed by atoms with van der Waals surface area (Å²) in [5.41, 5.74) is 0.189. The van der Waals surface area contributed by atoms with E-state index in [1.807, 2.05) is 6.92 Å². The topological polar surface area (TPSA) is 101 Å². The van der Waals surface area contributed by atoms with Gasteiger partial charge in [0.05, 0.1) is 19.0 Å². The molecule has 0 radical (unpaired) electrons. The Balaban J connectivity index is 2.29. The van der Waals surface area contributed by atoms with E-state index in [0.717, 1.165) is 11.3 Å². The Hall–Kier alpha value is -1.87. The van der Waals surface area contributed by atoms with E-state index >= 15 is 0 Å². The van der Waals surface area contributed by atoms with E-state index < -0.39 is 16.0 Å². The van der Waals surface area contributed by atoms with Crippen LogP contribution >= 0.6 is 11.3 Å². The Bertz CT molecular complexity index is 718. The maximum atomic E-state index is 12.2. The summed E-state index contributed by atoms with van der Waals surface area (Å²) in [7, 11) is -2.57. The predicted octanol–water partition coefficient (Wildman–Crippen LogP) is 1.62. The van der Waals surface area contributed by atoms with Gasteiger partial charge in [-0.2, -0.15) is 8.42 Å². The summed E-state index contributed by atoms with van der Waals surface area (Å²) in [6.07, 6.45) is 1.84. The molecule has 0 fully saturated rings. The molecule has 0 aliphatic carbocycles. The Labute approximate surface area is 120 Å². The molecule has 0 amide bonds. The lowest BCUT2D eigenvalue weighted by atomic mass is 10.4. The summed E-state index contributed by atoms with van der Waals surface area (Å²) in [5.74, 6) is -0.0135. The number of anilines is 1. The van der Waals surface area contributed by atoms with Crippen molar-refractivity contribution in [3.8, 4) is 0 Å². The van der Waals surface area contributed by atoms with Crippen molar-refractivity contribution in [2.45, 2.75) is 18.4 Å². The van der Waals surface area contributed by atoms with Crippen LogP contribution in [0.4, 0.5) is 5.69 Å². The molecule has 0 saturated carbocycles. The summed E-state index contributed by atoms with van der Waals surface area (Å²) < 4.78 is 31.3. The minimum atomic E-state index is -3.81. The molecular weight excluding hydrogens is 302 g/mol. The van der Waals surface area contributed by atoms with Crippen molar-refractivity contribution in [1.82, 2.24) is 9.97 Å². The van der Waals surface area contributed by atoms with Crippen LogP contribution in [0.15, 0.2) is 22.7 Å². The highest BCUT2D eigenvalue weighted by Gasteiger charge is 2.21. The highest BCUT2D eigenvalue weighted by atomic mass is 32.2. The Kier molecular flexibility index (Phi) is 4.09. The maximum Gasteiger partial charge on any atom is 0.350 e. The fraction of sp³-hybridized carbons (Fsp3) is 0.273. The number of methoxy groups -OCH3 is 1. The number of aromatic nitrogens is 2. The lowest BCUT2D eigenvalue weighted by Gasteiger charge is -2.06. The highest BCUT2D eigenvalue weighted by molar-refractivity contribution is 7.92. The van der Waals surface area contributed by atoms with Gasteiger partial charge in [0.15, 0.2) is 5.03 Å².